The van der Waals surface area contributed by atoms with Crippen LogP contribution in [0.25, 0.3) is 0 Å². The molecular formula is C20H19N3O2S. The quantitative estimate of drug-likeness (QED) is 0.488. The fourth-order valence-electron chi connectivity index (χ4n) is 3.67. The Balaban J connectivity index is 1.87. The SMILES string of the molecule is Cc1csc(=Nc2ccccc2[N+](=O)[O-])n1C1CCCc2ccccc21. The zero-order chi connectivity index (χ0) is 18.1. The summed E-state index contributed by atoms with van der Waals surface area (Å²) >= 11 is 1.53. The Bertz CT molecular complexity index is 1040. The number of aromatic nitrogens is 1. The summed E-state index contributed by atoms with van der Waals surface area (Å²) in [6.45, 7) is 2.08. The van der Waals surface area contributed by atoms with Crippen LogP contribution in [0, 0.1) is 17.0 Å². The van der Waals surface area contributed by atoms with E-state index in [2.05, 4.69) is 46.1 Å². The molecule has 0 amide bonds. The summed E-state index contributed by atoms with van der Waals surface area (Å²) in [5, 5.41) is 13.4. The van der Waals surface area contributed by atoms with E-state index in [1.54, 1.807) is 18.2 Å². The number of para-hydroxylation sites is 2. The van der Waals surface area contributed by atoms with E-state index in [1.807, 2.05) is 0 Å². The first-order chi connectivity index (χ1) is 12.6. The Labute approximate surface area is 155 Å². The molecule has 4 rings (SSSR count). The van der Waals surface area contributed by atoms with E-state index in [1.165, 1.54) is 28.5 Å². The second-order valence-electron chi connectivity index (χ2n) is 6.49. The van der Waals surface area contributed by atoms with Crippen molar-refractivity contribution < 1.29 is 4.92 Å². The molecule has 1 unspecified atom stereocenters. The van der Waals surface area contributed by atoms with Crippen molar-refractivity contribution >= 4 is 22.7 Å². The van der Waals surface area contributed by atoms with Gasteiger partial charge in [0.2, 0.25) is 0 Å². The van der Waals surface area contributed by atoms with Crippen molar-refractivity contribution in [1.82, 2.24) is 4.57 Å². The molecule has 5 nitrogen and oxygen atoms in total. The Morgan fingerprint density at radius 2 is 1.96 bits per heavy atom. The van der Waals surface area contributed by atoms with Crippen molar-refractivity contribution in [2.75, 3.05) is 0 Å². The monoisotopic (exact) mass is 365 g/mol. The third-order valence-electron chi connectivity index (χ3n) is 4.86. The van der Waals surface area contributed by atoms with Gasteiger partial charge < -0.3 is 4.57 Å². The third-order valence-corrected chi connectivity index (χ3v) is 5.82. The smallest absolute Gasteiger partial charge is 0.294 e. The predicted octanol–water partition coefficient (Wildman–Crippen LogP) is 4.92. The zero-order valence-electron chi connectivity index (χ0n) is 14.5. The van der Waals surface area contributed by atoms with E-state index < -0.39 is 0 Å². The van der Waals surface area contributed by atoms with E-state index in [-0.39, 0.29) is 16.7 Å². The molecule has 0 fully saturated rings. The maximum Gasteiger partial charge on any atom is 0.294 e. The summed E-state index contributed by atoms with van der Waals surface area (Å²) in [5.41, 5.74) is 4.29. The number of nitrogens with zero attached hydrogens (tertiary/aromatic N) is 3. The van der Waals surface area contributed by atoms with Crippen LogP contribution in [0.1, 0.15) is 35.7 Å². The minimum absolute atomic E-state index is 0.0362. The van der Waals surface area contributed by atoms with Crippen LogP contribution in [0.15, 0.2) is 58.9 Å². The number of rotatable bonds is 3. The standard InChI is InChI=1S/C20H19N3O2S/c1-14-13-26-20(21-17-10-4-5-11-19(17)23(24)25)22(14)18-12-6-8-15-7-2-3-9-16(15)18/h2-5,7,9-11,13,18H,6,8,12H2,1H3. The van der Waals surface area contributed by atoms with Crippen LogP contribution in [-0.4, -0.2) is 9.49 Å². The first kappa shape index (κ1) is 16.7. The van der Waals surface area contributed by atoms with Crippen LogP contribution in [0.3, 0.4) is 0 Å². The van der Waals surface area contributed by atoms with Gasteiger partial charge in [-0.3, -0.25) is 10.1 Å². The molecule has 0 N–H and O–H groups in total. The van der Waals surface area contributed by atoms with Gasteiger partial charge in [-0.05, 0) is 43.4 Å². The van der Waals surface area contributed by atoms with Crippen molar-refractivity contribution in [3.8, 4) is 0 Å². The molecule has 1 atom stereocenters. The molecule has 1 heterocycles. The van der Waals surface area contributed by atoms with Gasteiger partial charge in [0.25, 0.3) is 5.69 Å². The molecule has 0 saturated carbocycles. The summed E-state index contributed by atoms with van der Waals surface area (Å²) in [6.07, 6.45) is 3.29. The Hall–Kier alpha value is -2.73. The molecule has 0 spiro atoms. The largest absolute Gasteiger partial charge is 0.314 e. The maximum atomic E-state index is 11.3. The number of hydrogen-bond acceptors (Lipinski definition) is 4. The summed E-state index contributed by atoms with van der Waals surface area (Å²) < 4.78 is 2.24. The number of hydrogen-bond donors (Lipinski definition) is 0. The molecule has 1 aliphatic rings. The number of thiazole rings is 1. The molecule has 1 aliphatic carbocycles. The molecule has 0 aliphatic heterocycles. The lowest BCUT2D eigenvalue weighted by Crippen LogP contribution is -2.26. The van der Waals surface area contributed by atoms with Crippen molar-refractivity contribution in [3.63, 3.8) is 0 Å². The second kappa shape index (κ2) is 6.88. The lowest BCUT2D eigenvalue weighted by Gasteiger charge is -2.27. The van der Waals surface area contributed by atoms with Crippen molar-refractivity contribution in [1.29, 1.82) is 0 Å². The maximum absolute atomic E-state index is 11.3. The van der Waals surface area contributed by atoms with E-state index in [0.29, 0.717) is 5.69 Å². The molecular weight excluding hydrogens is 346 g/mol. The molecule has 0 saturated heterocycles. The number of aryl methyl sites for hydroxylation is 2. The Kier molecular flexibility index (Phi) is 4.42. The van der Waals surface area contributed by atoms with Gasteiger partial charge in [0.05, 0.1) is 11.0 Å². The molecule has 6 heteroatoms. The molecule has 26 heavy (non-hydrogen) atoms. The lowest BCUT2D eigenvalue weighted by atomic mass is 9.87. The fraction of sp³-hybridized carbons (Fsp3) is 0.250. The van der Waals surface area contributed by atoms with Gasteiger partial charge in [0, 0.05) is 17.1 Å². The van der Waals surface area contributed by atoms with E-state index in [9.17, 15) is 10.1 Å². The summed E-state index contributed by atoms with van der Waals surface area (Å²) in [5.74, 6) is 0. The van der Waals surface area contributed by atoms with Gasteiger partial charge in [0.1, 0.15) is 5.69 Å². The topological polar surface area (TPSA) is 60.4 Å². The van der Waals surface area contributed by atoms with Gasteiger partial charge in [-0.1, -0.05) is 36.4 Å². The summed E-state index contributed by atoms with van der Waals surface area (Å²) in [4.78, 5) is 16.4. The predicted molar refractivity (Wildman–Crippen MR) is 103 cm³/mol. The number of nitro groups is 1. The van der Waals surface area contributed by atoms with E-state index in [0.717, 1.165) is 29.8 Å². The summed E-state index contributed by atoms with van der Waals surface area (Å²) in [7, 11) is 0. The van der Waals surface area contributed by atoms with Crippen LogP contribution in [0.4, 0.5) is 11.4 Å². The molecule has 0 bridgehead atoms. The fourth-order valence-corrected chi connectivity index (χ4v) is 4.60. The number of benzene rings is 2. The van der Waals surface area contributed by atoms with E-state index in [4.69, 9.17) is 0 Å². The Morgan fingerprint density at radius 3 is 2.81 bits per heavy atom. The van der Waals surface area contributed by atoms with Gasteiger partial charge in [-0.2, -0.15) is 0 Å². The normalized spacial score (nSPS) is 17.1. The Morgan fingerprint density at radius 1 is 1.19 bits per heavy atom. The zero-order valence-corrected chi connectivity index (χ0v) is 15.3. The van der Waals surface area contributed by atoms with Crippen molar-refractivity contribution in [3.05, 3.63) is 85.6 Å². The minimum Gasteiger partial charge on any atom is -0.314 e. The van der Waals surface area contributed by atoms with Crippen LogP contribution < -0.4 is 4.80 Å². The van der Waals surface area contributed by atoms with Crippen molar-refractivity contribution in [2.45, 2.75) is 32.2 Å². The molecule has 0 radical (unpaired) electrons. The second-order valence-corrected chi connectivity index (χ2v) is 7.33. The van der Waals surface area contributed by atoms with Gasteiger partial charge >= 0.3 is 0 Å². The first-order valence-electron chi connectivity index (χ1n) is 8.68. The average molecular weight is 365 g/mol. The van der Waals surface area contributed by atoms with Crippen LogP contribution in [0.2, 0.25) is 0 Å². The van der Waals surface area contributed by atoms with Gasteiger partial charge in [-0.25, -0.2) is 4.99 Å². The highest BCUT2D eigenvalue weighted by atomic mass is 32.1. The molecule has 2 aromatic carbocycles. The lowest BCUT2D eigenvalue weighted by molar-refractivity contribution is -0.384. The van der Waals surface area contributed by atoms with Crippen LogP contribution in [0.5, 0.6) is 0 Å². The number of nitro benzene ring substituents is 1. The van der Waals surface area contributed by atoms with Crippen LogP contribution >= 0.6 is 11.3 Å². The molecule has 1 aromatic heterocycles. The van der Waals surface area contributed by atoms with Crippen LogP contribution in [-0.2, 0) is 6.42 Å². The highest BCUT2D eigenvalue weighted by Gasteiger charge is 2.23. The third kappa shape index (κ3) is 2.97. The average Bonchev–Trinajstić information content (AvgIpc) is 3.01. The molecule has 3 aromatic rings. The van der Waals surface area contributed by atoms with Gasteiger partial charge in [-0.15, -0.1) is 11.3 Å². The van der Waals surface area contributed by atoms with Gasteiger partial charge in [0.15, 0.2) is 4.80 Å². The number of fused-ring (bicyclic) bond motifs is 1. The van der Waals surface area contributed by atoms with Crippen molar-refractivity contribution in [2.24, 2.45) is 4.99 Å². The minimum atomic E-state index is -0.375. The van der Waals surface area contributed by atoms with E-state index >= 15 is 0 Å². The molecule has 132 valence electrons. The highest BCUT2D eigenvalue weighted by Crippen LogP contribution is 2.33. The highest BCUT2D eigenvalue weighted by molar-refractivity contribution is 7.07. The summed E-state index contributed by atoms with van der Waals surface area (Å²) in [6, 6.07) is 15.4. The first-order valence-corrected chi connectivity index (χ1v) is 9.55.